The van der Waals surface area contributed by atoms with Gasteiger partial charge >= 0.3 is 0 Å². The highest BCUT2D eigenvalue weighted by Gasteiger charge is 2.27. The summed E-state index contributed by atoms with van der Waals surface area (Å²) in [7, 11) is 0. The minimum Gasteiger partial charge on any atom is -0.396 e. The van der Waals surface area contributed by atoms with Crippen LogP contribution in [-0.2, 0) is 0 Å². The summed E-state index contributed by atoms with van der Waals surface area (Å²) in [6.07, 6.45) is 0. The van der Waals surface area contributed by atoms with Crippen molar-refractivity contribution in [1.82, 2.24) is 5.32 Å². The number of nitrogens with one attached hydrogen (secondary N) is 1. The molecular formula is C12H17NO. The minimum absolute atomic E-state index is 0.283. The van der Waals surface area contributed by atoms with Gasteiger partial charge in [0.1, 0.15) is 0 Å². The van der Waals surface area contributed by atoms with Crippen molar-refractivity contribution in [1.29, 1.82) is 0 Å². The minimum atomic E-state index is 0.283. The average molecular weight is 191 g/mol. The Hall–Kier alpha value is -0.860. The Morgan fingerprint density at radius 1 is 1.43 bits per heavy atom. The van der Waals surface area contributed by atoms with Gasteiger partial charge < -0.3 is 10.4 Å². The van der Waals surface area contributed by atoms with Crippen LogP contribution in [-0.4, -0.2) is 24.8 Å². The van der Waals surface area contributed by atoms with Gasteiger partial charge in [0, 0.05) is 31.5 Å². The third-order valence-electron chi connectivity index (χ3n) is 3.04. The molecule has 0 bridgehead atoms. The van der Waals surface area contributed by atoms with Gasteiger partial charge in [0.05, 0.1) is 0 Å². The molecule has 1 heterocycles. The molecule has 2 heteroatoms. The molecule has 0 amide bonds. The van der Waals surface area contributed by atoms with E-state index in [0.29, 0.717) is 11.8 Å². The second-order valence-electron chi connectivity index (χ2n) is 4.12. The molecule has 1 aromatic rings. The Morgan fingerprint density at radius 2 is 2.29 bits per heavy atom. The van der Waals surface area contributed by atoms with Crippen molar-refractivity contribution in [2.75, 3.05) is 19.7 Å². The first-order valence-corrected chi connectivity index (χ1v) is 5.19. The number of hydrogen-bond acceptors (Lipinski definition) is 2. The van der Waals surface area contributed by atoms with E-state index >= 15 is 0 Å². The zero-order chi connectivity index (χ0) is 9.97. The van der Waals surface area contributed by atoms with Crippen molar-refractivity contribution in [2.24, 2.45) is 5.92 Å². The fourth-order valence-corrected chi connectivity index (χ4v) is 2.22. The number of aryl methyl sites for hydroxylation is 1. The SMILES string of the molecule is Cc1cccc([C@H]2CNC[C@H]2CO)c1. The molecule has 76 valence electrons. The lowest BCUT2D eigenvalue weighted by Crippen LogP contribution is -2.14. The molecule has 0 unspecified atom stereocenters. The van der Waals surface area contributed by atoms with Gasteiger partial charge in [-0.1, -0.05) is 29.8 Å². The second-order valence-corrected chi connectivity index (χ2v) is 4.12. The van der Waals surface area contributed by atoms with E-state index < -0.39 is 0 Å². The van der Waals surface area contributed by atoms with E-state index in [9.17, 15) is 5.11 Å². The molecule has 0 spiro atoms. The smallest absolute Gasteiger partial charge is 0.0477 e. The molecule has 2 rings (SSSR count). The number of rotatable bonds is 2. The fraction of sp³-hybridized carbons (Fsp3) is 0.500. The van der Waals surface area contributed by atoms with Crippen molar-refractivity contribution in [3.8, 4) is 0 Å². The van der Waals surface area contributed by atoms with Crippen molar-refractivity contribution >= 4 is 0 Å². The molecule has 2 nitrogen and oxygen atoms in total. The molecule has 2 N–H and O–H groups in total. The van der Waals surface area contributed by atoms with Gasteiger partial charge in [0.25, 0.3) is 0 Å². The van der Waals surface area contributed by atoms with Crippen LogP contribution < -0.4 is 5.32 Å². The van der Waals surface area contributed by atoms with Gasteiger partial charge in [-0.15, -0.1) is 0 Å². The summed E-state index contributed by atoms with van der Waals surface area (Å²) in [5, 5.41) is 12.6. The Labute approximate surface area is 85.0 Å². The summed E-state index contributed by atoms with van der Waals surface area (Å²) in [5.74, 6) is 0.872. The molecule has 14 heavy (non-hydrogen) atoms. The van der Waals surface area contributed by atoms with Crippen LogP contribution in [0.1, 0.15) is 17.0 Å². The van der Waals surface area contributed by atoms with Crippen LogP contribution in [0.3, 0.4) is 0 Å². The van der Waals surface area contributed by atoms with Gasteiger partial charge in [-0.2, -0.15) is 0 Å². The maximum absolute atomic E-state index is 9.23. The summed E-state index contributed by atoms with van der Waals surface area (Å²) >= 11 is 0. The van der Waals surface area contributed by atoms with Gasteiger partial charge in [0.15, 0.2) is 0 Å². The van der Waals surface area contributed by atoms with E-state index in [1.54, 1.807) is 0 Å². The number of benzene rings is 1. The summed E-state index contributed by atoms with van der Waals surface area (Å²) in [6.45, 7) is 4.33. The molecule has 0 aliphatic carbocycles. The highest BCUT2D eigenvalue weighted by Crippen LogP contribution is 2.27. The Balaban J connectivity index is 2.21. The topological polar surface area (TPSA) is 32.3 Å². The van der Waals surface area contributed by atoms with Gasteiger partial charge in [-0.05, 0) is 12.5 Å². The van der Waals surface area contributed by atoms with Gasteiger partial charge in [-0.3, -0.25) is 0 Å². The third kappa shape index (κ3) is 1.81. The lowest BCUT2D eigenvalue weighted by molar-refractivity contribution is 0.226. The molecule has 2 atom stereocenters. The van der Waals surface area contributed by atoms with Crippen molar-refractivity contribution in [3.63, 3.8) is 0 Å². The summed E-state index contributed by atoms with van der Waals surface area (Å²) in [4.78, 5) is 0. The van der Waals surface area contributed by atoms with Crippen LogP contribution in [0.5, 0.6) is 0 Å². The first-order valence-electron chi connectivity index (χ1n) is 5.19. The monoisotopic (exact) mass is 191 g/mol. The summed E-state index contributed by atoms with van der Waals surface area (Å²) < 4.78 is 0. The van der Waals surface area contributed by atoms with Crippen molar-refractivity contribution < 1.29 is 5.11 Å². The third-order valence-corrected chi connectivity index (χ3v) is 3.04. The van der Waals surface area contributed by atoms with Crippen LogP contribution >= 0.6 is 0 Å². The second kappa shape index (κ2) is 4.11. The van der Waals surface area contributed by atoms with Crippen LogP contribution in [0, 0.1) is 12.8 Å². The van der Waals surface area contributed by atoms with E-state index in [1.165, 1.54) is 11.1 Å². The normalized spacial score (nSPS) is 26.7. The van der Waals surface area contributed by atoms with Crippen LogP contribution in [0.25, 0.3) is 0 Å². The Morgan fingerprint density at radius 3 is 3.00 bits per heavy atom. The number of aliphatic hydroxyl groups excluding tert-OH is 1. The highest BCUT2D eigenvalue weighted by atomic mass is 16.3. The van der Waals surface area contributed by atoms with Crippen molar-refractivity contribution in [3.05, 3.63) is 35.4 Å². The number of hydrogen-bond donors (Lipinski definition) is 2. The summed E-state index contributed by atoms with van der Waals surface area (Å²) in [6, 6.07) is 8.59. The zero-order valence-electron chi connectivity index (χ0n) is 8.53. The largest absolute Gasteiger partial charge is 0.396 e. The van der Waals surface area contributed by atoms with Crippen molar-refractivity contribution in [2.45, 2.75) is 12.8 Å². The first kappa shape index (κ1) is 9.69. The quantitative estimate of drug-likeness (QED) is 0.738. The Kier molecular flexibility index (Phi) is 2.85. The van der Waals surface area contributed by atoms with Gasteiger partial charge in [-0.25, -0.2) is 0 Å². The average Bonchev–Trinajstić information content (AvgIpc) is 2.65. The Bertz CT molecular complexity index is 311. The molecule has 0 saturated carbocycles. The molecule has 1 fully saturated rings. The maximum atomic E-state index is 9.23. The maximum Gasteiger partial charge on any atom is 0.0477 e. The van der Waals surface area contributed by atoms with E-state index in [1.807, 2.05) is 0 Å². The predicted octanol–water partition coefficient (Wildman–Crippen LogP) is 1.29. The molecule has 1 aromatic carbocycles. The highest BCUT2D eigenvalue weighted by molar-refractivity contribution is 5.27. The van der Waals surface area contributed by atoms with Crippen LogP contribution in [0.2, 0.25) is 0 Å². The lowest BCUT2D eigenvalue weighted by atomic mass is 9.89. The lowest BCUT2D eigenvalue weighted by Gasteiger charge is -2.16. The van der Waals surface area contributed by atoms with E-state index in [-0.39, 0.29) is 6.61 Å². The molecule has 0 aromatic heterocycles. The number of aliphatic hydroxyl groups is 1. The van der Waals surface area contributed by atoms with Crippen LogP contribution in [0.4, 0.5) is 0 Å². The van der Waals surface area contributed by atoms with Crippen LogP contribution in [0.15, 0.2) is 24.3 Å². The zero-order valence-corrected chi connectivity index (χ0v) is 8.53. The molecular weight excluding hydrogens is 174 g/mol. The molecule has 1 aliphatic heterocycles. The predicted molar refractivity (Wildman–Crippen MR) is 57.4 cm³/mol. The summed E-state index contributed by atoms with van der Waals surface area (Å²) in [5.41, 5.74) is 2.65. The molecule has 0 radical (unpaired) electrons. The fourth-order valence-electron chi connectivity index (χ4n) is 2.22. The van der Waals surface area contributed by atoms with E-state index in [2.05, 4.69) is 36.5 Å². The van der Waals surface area contributed by atoms with E-state index in [4.69, 9.17) is 0 Å². The van der Waals surface area contributed by atoms with Gasteiger partial charge in [0.2, 0.25) is 0 Å². The van der Waals surface area contributed by atoms with E-state index in [0.717, 1.165) is 13.1 Å². The molecule has 1 saturated heterocycles. The molecule has 1 aliphatic rings. The first-order chi connectivity index (χ1) is 6.81. The standard InChI is InChI=1S/C12H17NO/c1-9-3-2-4-10(5-9)12-7-13-6-11(12)8-14/h2-5,11-14H,6-8H2,1H3/t11-,12+/m0/s1.